The maximum Gasteiger partial charge on any atom is -0.0289 e. The molecule has 3 aliphatic rings. The van der Waals surface area contributed by atoms with Crippen LogP contribution in [0.15, 0.2) is 0 Å². The molecule has 0 N–H and O–H groups in total. The van der Waals surface area contributed by atoms with Crippen LogP contribution in [0.4, 0.5) is 0 Å². The molecule has 3 aliphatic carbocycles. The molecule has 0 spiro atoms. The normalized spacial score (nSPS) is 62.5. The first-order valence-corrected chi connectivity index (χ1v) is 2.64. The van der Waals surface area contributed by atoms with Crippen LogP contribution in [0.3, 0.4) is 0 Å². The van der Waals surface area contributed by atoms with Gasteiger partial charge in [0.05, 0.1) is 0 Å². The molecule has 0 aliphatic heterocycles. The van der Waals surface area contributed by atoms with Gasteiger partial charge in [-0.2, -0.15) is 0 Å². The fourth-order valence-corrected chi connectivity index (χ4v) is 1.66. The predicted molar refractivity (Wildman–Crippen MR) is 25.1 cm³/mol. The molecule has 3 fully saturated rings. The summed E-state index contributed by atoms with van der Waals surface area (Å²) in [5, 5.41) is 0. The van der Waals surface area contributed by atoms with E-state index in [4.69, 9.17) is 0 Å². The summed E-state index contributed by atoms with van der Waals surface area (Å²) < 4.78 is 0. The topological polar surface area (TPSA) is 0 Å². The molecule has 0 nitrogen and oxygen atoms in total. The van der Waals surface area contributed by atoms with Crippen molar-refractivity contribution in [2.45, 2.75) is 19.3 Å². The summed E-state index contributed by atoms with van der Waals surface area (Å²) in [5.74, 6) is 1.11. The summed E-state index contributed by atoms with van der Waals surface area (Å²) in [6.07, 6.45) is 4.31. The third-order valence-electron chi connectivity index (χ3n) is 2.17. The second kappa shape index (κ2) is 0.556. The van der Waals surface area contributed by atoms with Crippen LogP contribution in [0.5, 0.6) is 0 Å². The zero-order valence-corrected chi connectivity index (χ0v) is 3.91. The quantitative estimate of drug-likeness (QED) is 0.415. The third kappa shape index (κ3) is 0.160. The van der Waals surface area contributed by atoms with Crippen molar-refractivity contribution in [2.24, 2.45) is 11.3 Å². The van der Waals surface area contributed by atoms with Gasteiger partial charge >= 0.3 is 0 Å². The van der Waals surface area contributed by atoms with Crippen molar-refractivity contribution in [3.05, 3.63) is 6.92 Å². The van der Waals surface area contributed by atoms with E-state index in [9.17, 15) is 0 Å². The van der Waals surface area contributed by atoms with E-state index >= 15 is 0 Å². The molecule has 33 valence electrons. The molecule has 0 aromatic rings. The Morgan fingerprint density at radius 1 is 1.33 bits per heavy atom. The molecule has 0 atom stereocenters. The van der Waals surface area contributed by atoms with E-state index < -0.39 is 0 Å². The van der Waals surface area contributed by atoms with E-state index in [1.807, 2.05) is 0 Å². The minimum atomic E-state index is 0.616. The Balaban J connectivity index is 2.19. The van der Waals surface area contributed by atoms with Crippen LogP contribution in [0.25, 0.3) is 0 Å². The second-order valence-electron chi connectivity index (χ2n) is 2.98. The van der Waals surface area contributed by atoms with E-state index in [2.05, 4.69) is 6.92 Å². The molecule has 0 saturated heterocycles. The SMILES string of the molecule is [CH2]C12CC(C1)C2. The van der Waals surface area contributed by atoms with Gasteiger partial charge in [0, 0.05) is 0 Å². The van der Waals surface area contributed by atoms with Crippen LogP contribution in [-0.2, 0) is 0 Å². The molecule has 1 radical (unpaired) electrons. The number of hydrogen-bond acceptors (Lipinski definition) is 0. The fraction of sp³-hybridized carbons (Fsp3) is 0.833. The lowest BCUT2D eigenvalue weighted by Gasteiger charge is -2.60. The van der Waals surface area contributed by atoms with E-state index in [-0.39, 0.29) is 0 Å². The Hall–Kier alpha value is 0. The zero-order chi connectivity index (χ0) is 4.20. The Kier molecular flexibility index (Phi) is 0.283. The highest BCUT2D eigenvalue weighted by Crippen LogP contribution is 2.63. The van der Waals surface area contributed by atoms with Gasteiger partial charge in [-0.25, -0.2) is 0 Å². The molecular formula is C6H9. The summed E-state index contributed by atoms with van der Waals surface area (Å²) >= 11 is 0. The summed E-state index contributed by atoms with van der Waals surface area (Å²) in [6.45, 7) is 4.04. The minimum Gasteiger partial charge on any atom is -0.0470 e. The third-order valence-corrected chi connectivity index (χ3v) is 2.17. The smallest absolute Gasteiger partial charge is 0.0289 e. The first kappa shape index (κ1) is 3.06. The lowest BCUT2D eigenvalue weighted by atomic mass is 9.46. The van der Waals surface area contributed by atoms with Gasteiger partial charge in [-0.15, -0.1) is 0 Å². The molecule has 0 aromatic carbocycles. The highest BCUT2D eigenvalue weighted by atomic mass is 14.6. The largest absolute Gasteiger partial charge is 0.0470 e. The molecule has 3 rings (SSSR count). The van der Waals surface area contributed by atoms with Gasteiger partial charge in [0.15, 0.2) is 0 Å². The summed E-state index contributed by atoms with van der Waals surface area (Å²) in [7, 11) is 0. The molecular weight excluding hydrogens is 72.1 g/mol. The van der Waals surface area contributed by atoms with Crippen molar-refractivity contribution in [2.75, 3.05) is 0 Å². The van der Waals surface area contributed by atoms with E-state index in [0.717, 1.165) is 5.92 Å². The van der Waals surface area contributed by atoms with Gasteiger partial charge in [-0.1, -0.05) is 0 Å². The molecule has 0 amide bonds. The van der Waals surface area contributed by atoms with Crippen molar-refractivity contribution in [1.29, 1.82) is 0 Å². The molecule has 6 heavy (non-hydrogen) atoms. The van der Waals surface area contributed by atoms with Gasteiger partial charge in [-0.05, 0) is 37.5 Å². The van der Waals surface area contributed by atoms with Crippen molar-refractivity contribution in [3.63, 3.8) is 0 Å². The first-order valence-electron chi connectivity index (χ1n) is 2.64. The van der Waals surface area contributed by atoms with Gasteiger partial charge < -0.3 is 0 Å². The average molecular weight is 81.1 g/mol. The standard InChI is InChI=1S/C6H9/c1-6-2-5(3-6)4-6/h5H,1-4H2. The second-order valence-corrected chi connectivity index (χ2v) is 2.98. The summed E-state index contributed by atoms with van der Waals surface area (Å²) in [5.41, 5.74) is 0.616. The predicted octanol–water partition coefficient (Wildman–Crippen LogP) is 1.62. The van der Waals surface area contributed by atoms with Crippen molar-refractivity contribution in [1.82, 2.24) is 0 Å². The van der Waals surface area contributed by atoms with Crippen LogP contribution in [0, 0.1) is 18.3 Å². The molecule has 0 heterocycles. The Morgan fingerprint density at radius 2 is 1.67 bits per heavy atom. The van der Waals surface area contributed by atoms with E-state index in [0.29, 0.717) is 5.41 Å². The van der Waals surface area contributed by atoms with Gasteiger partial charge in [0.1, 0.15) is 0 Å². The van der Waals surface area contributed by atoms with Gasteiger partial charge in [-0.3, -0.25) is 0 Å². The van der Waals surface area contributed by atoms with Crippen LogP contribution in [-0.4, -0.2) is 0 Å². The maximum atomic E-state index is 4.04. The number of hydrogen-bond donors (Lipinski definition) is 0. The Bertz CT molecular complexity index is 67.0. The van der Waals surface area contributed by atoms with Crippen LogP contribution >= 0.6 is 0 Å². The fourth-order valence-electron chi connectivity index (χ4n) is 1.66. The molecule has 0 aromatic heterocycles. The number of rotatable bonds is 0. The monoisotopic (exact) mass is 81.1 g/mol. The summed E-state index contributed by atoms with van der Waals surface area (Å²) in [6, 6.07) is 0. The minimum absolute atomic E-state index is 0.616. The van der Waals surface area contributed by atoms with E-state index in [1.54, 1.807) is 0 Å². The first-order chi connectivity index (χ1) is 2.79. The highest BCUT2D eigenvalue weighted by Gasteiger charge is 2.52. The zero-order valence-electron chi connectivity index (χ0n) is 3.91. The van der Waals surface area contributed by atoms with Crippen molar-refractivity contribution in [3.8, 4) is 0 Å². The van der Waals surface area contributed by atoms with Gasteiger partial charge in [0.25, 0.3) is 0 Å². The Labute approximate surface area is 38.6 Å². The maximum absolute atomic E-state index is 4.04. The molecule has 2 bridgehead atoms. The van der Waals surface area contributed by atoms with Gasteiger partial charge in [0.2, 0.25) is 0 Å². The Morgan fingerprint density at radius 3 is 1.67 bits per heavy atom. The van der Waals surface area contributed by atoms with Crippen LogP contribution in [0.1, 0.15) is 19.3 Å². The average Bonchev–Trinajstić information content (AvgIpc) is 1.24. The highest BCUT2D eigenvalue weighted by molar-refractivity contribution is 5.07. The van der Waals surface area contributed by atoms with E-state index in [1.165, 1.54) is 19.3 Å². The molecule has 0 heteroatoms. The molecule has 3 saturated carbocycles. The molecule has 0 unspecified atom stereocenters. The van der Waals surface area contributed by atoms with Crippen LogP contribution < -0.4 is 0 Å². The van der Waals surface area contributed by atoms with Crippen molar-refractivity contribution >= 4 is 0 Å². The van der Waals surface area contributed by atoms with Crippen molar-refractivity contribution < 1.29 is 0 Å². The van der Waals surface area contributed by atoms with Crippen LogP contribution in [0.2, 0.25) is 0 Å². The summed E-state index contributed by atoms with van der Waals surface area (Å²) in [4.78, 5) is 0. The lowest BCUT2D eigenvalue weighted by Crippen LogP contribution is -2.49. The lowest BCUT2D eigenvalue weighted by molar-refractivity contribution is -0.0630.